The molecule has 312 valence electrons. The van der Waals surface area contributed by atoms with E-state index >= 15 is 0 Å². The fourth-order valence-electron chi connectivity index (χ4n) is 10.3. The van der Waals surface area contributed by atoms with Gasteiger partial charge in [0.25, 0.3) is 0 Å². The van der Waals surface area contributed by atoms with E-state index < -0.39 is 0 Å². The molecule has 0 spiro atoms. The van der Waals surface area contributed by atoms with Gasteiger partial charge in [-0.15, -0.1) is 0 Å². The summed E-state index contributed by atoms with van der Waals surface area (Å²) < 4.78 is 9.29. The first-order chi connectivity index (χ1) is 32.1. The Morgan fingerprint density at radius 2 is 1.12 bits per heavy atom. The quantitative estimate of drug-likeness (QED) is 0.152. The lowest BCUT2D eigenvalue weighted by atomic mass is 9.89. The van der Waals surface area contributed by atoms with E-state index in [-0.39, 0.29) is 0 Å². The molecule has 3 heteroatoms. The Hall–Kier alpha value is -7.88. The van der Waals surface area contributed by atoms with Crippen molar-refractivity contribution >= 4 is 61.6 Å². The summed E-state index contributed by atoms with van der Waals surface area (Å²) in [6.45, 7) is 4.62. The monoisotopic (exact) mass is 836 g/mol. The minimum absolute atomic E-state index is 0.417. The third-order valence-electron chi connectivity index (χ3n) is 13.5. The molecule has 3 nitrogen and oxygen atoms in total. The van der Waals surface area contributed by atoms with Crippen LogP contribution in [0.2, 0.25) is 0 Å². The highest BCUT2D eigenvalue weighted by molar-refractivity contribution is 6.20. The summed E-state index contributed by atoms with van der Waals surface area (Å²) in [4.78, 5) is 2.44. The van der Waals surface area contributed by atoms with Gasteiger partial charge in [0, 0.05) is 44.5 Å². The number of para-hydroxylation sites is 2. The molecule has 2 heterocycles. The average molecular weight is 837 g/mol. The second kappa shape index (κ2) is 16.0. The number of allylic oxidation sites excluding steroid dienone is 5. The number of benzene rings is 8. The number of hydrogen-bond acceptors (Lipinski definition) is 2. The first-order valence-corrected chi connectivity index (χ1v) is 22.9. The Balaban J connectivity index is 1.07. The fourth-order valence-corrected chi connectivity index (χ4v) is 10.3. The summed E-state index contributed by atoms with van der Waals surface area (Å²) in [6, 6.07) is 68.5. The molecule has 2 unspecified atom stereocenters. The summed E-state index contributed by atoms with van der Waals surface area (Å²) in [5, 5.41) is 3.51. The third-order valence-corrected chi connectivity index (χ3v) is 13.5. The molecule has 65 heavy (non-hydrogen) atoms. The van der Waals surface area contributed by atoms with Crippen LogP contribution in [0.4, 0.5) is 17.1 Å². The van der Waals surface area contributed by atoms with E-state index in [0.717, 1.165) is 63.0 Å². The molecule has 0 saturated carbocycles. The van der Waals surface area contributed by atoms with E-state index in [9.17, 15) is 0 Å². The van der Waals surface area contributed by atoms with Gasteiger partial charge in [0.05, 0.1) is 11.2 Å². The summed E-state index contributed by atoms with van der Waals surface area (Å²) in [6.07, 6.45) is 13.5. The highest BCUT2D eigenvalue weighted by Gasteiger charge is 2.28. The average Bonchev–Trinajstić information content (AvgIpc) is 3.91. The van der Waals surface area contributed by atoms with Gasteiger partial charge in [-0.3, -0.25) is 0 Å². The SMILES string of the molecule is CC1C=CC=C(c2ccc(N(c3ccc(-c4ccccc4)cc3)c3ccc(-c4cc5c6ccccc6oc5c5c4c4c(n5-c5ccccc5)C=CC(C)C4)cc3)c(-c3ccccc3)c2)C1. The van der Waals surface area contributed by atoms with Crippen LogP contribution in [-0.2, 0) is 6.42 Å². The minimum Gasteiger partial charge on any atom is -0.454 e. The normalized spacial score (nSPS) is 15.7. The molecule has 2 atom stereocenters. The molecule has 0 aliphatic heterocycles. The van der Waals surface area contributed by atoms with Crippen LogP contribution < -0.4 is 4.90 Å². The Labute approximate surface area is 380 Å². The maximum absolute atomic E-state index is 6.85. The number of aromatic nitrogens is 1. The molecular weight excluding hydrogens is 789 g/mol. The van der Waals surface area contributed by atoms with Crippen molar-refractivity contribution < 1.29 is 4.42 Å². The fraction of sp³-hybridized carbons (Fsp3) is 0.0968. The molecule has 8 aromatic carbocycles. The largest absolute Gasteiger partial charge is 0.454 e. The summed E-state index contributed by atoms with van der Waals surface area (Å²) in [5.41, 5.74) is 19.8. The van der Waals surface area contributed by atoms with Crippen LogP contribution in [-0.4, -0.2) is 4.57 Å². The van der Waals surface area contributed by atoms with Crippen molar-refractivity contribution in [2.45, 2.75) is 26.7 Å². The van der Waals surface area contributed by atoms with Crippen LogP contribution in [0.3, 0.4) is 0 Å². The van der Waals surface area contributed by atoms with E-state index in [2.05, 4.69) is 242 Å². The predicted octanol–water partition coefficient (Wildman–Crippen LogP) is 17.2. The maximum Gasteiger partial charge on any atom is 0.160 e. The number of rotatable bonds is 8. The van der Waals surface area contributed by atoms with Crippen molar-refractivity contribution in [1.82, 2.24) is 4.57 Å². The topological polar surface area (TPSA) is 21.3 Å². The molecule has 2 aromatic heterocycles. The molecule has 0 fully saturated rings. The van der Waals surface area contributed by atoms with Gasteiger partial charge in [-0.1, -0.05) is 166 Å². The Morgan fingerprint density at radius 1 is 0.523 bits per heavy atom. The van der Waals surface area contributed by atoms with Gasteiger partial charge in [-0.05, 0) is 136 Å². The van der Waals surface area contributed by atoms with Crippen molar-refractivity contribution in [2.24, 2.45) is 11.8 Å². The first-order valence-electron chi connectivity index (χ1n) is 22.9. The van der Waals surface area contributed by atoms with E-state index in [4.69, 9.17) is 4.42 Å². The van der Waals surface area contributed by atoms with Gasteiger partial charge in [0.2, 0.25) is 0 Å². The number of fused-ring (bicyclic) bond motifs is 7. The lowest BCUT2D eigenvalue weighted by molar-refractivity contribution is 0.671. The highest BCUT2D eigenvalue weighted by atomic mass is 16.3. The van der Waals surface area contributed by atoms with Gasteiger partial charge in [0.15, 0.2) is 5.58 Å². The van der Waals surface area contributed by atoms with Gasteiger partial charge in [-0.25, -0.2) is 0 Å². The Morgan fingerprint density at radius 3 is 1.85 bits per heavy atom. The summed E-state index contributed by atoms with van der Waals surface area (Å²) in [7, 11) is 0. The molecule has 12 rings (SSSR count). The van der Waals surface area contributed by atoms with E-state index in [1.54, 1.807) is 0 Å². The van der Waals surface area contributed by atoms with Gasteiger partial charge < -0.3 is 13.9 Å². The number of furan rings is 1. The zero-order valence-corrected chi connectivity index (χ0v) is 36.7. The van der Waals surface area contributed by atoms with E-state index in [1.807, 2.05) is 0 Å². The maximum atomic E-state index is 6.85. The van der Waals surface area contributed by atoms with Crippen LogP contribution in [0.25, 0.3) is 83.6 Å². The van der Waals surface area contributed by atoms with E-state index in [1.165, 1.54) is 61.2 Å². The first kappa shape index (κ1) is 38.8. The van der Waals surface area contributed by atoms with Crippen molar-refractivity contribution in [3.63, 3.8) is 0 Å². The van der Waals surface area contributed by atoms with Crippen LogP contribution >= 0.6 is 0 Å². The minimum atomic E-state index is 0.417. The summed E-state index contributed by atoms with van der Waals surface area (Å²) in [5.74, 6) is 0.921. The number of nitrogens with zero attached hydrogens (tertiary/aromatic N) is 2. The van der Waals surface area contributed by atoms with Crippen molar-refractivity contribution in [1.29, 1.82) is 0 Å². The number of anilines is 3. The van der Waals surface area contributed by atoms with E-state index in [0.29, 0.717) is 11.8 Å². The standard InChI is InChI=1S/C62H48N2O/c1-41-15-14-20-47(37-41)48-30-36-57(53(39-48)45-18-8-4-9-19-45)63(50-31-26-44(27-32-50)43-16-6-3-7-17-43)51-33-28-46(29-34-51)54-40-55-52-23-12-13-24-59(52)65-62(55)61-60(54)56-38-42(2)25-35-58(56)64(61)49-21-10-5-11-22-49/h3-36,39-42H,37-38H2,1-2H3. The summed E-state index contributed by atoms with van der Waals surface area (Å²) >= 11 is 0. The molecule has 0 bridgehead atoms. The molecule has 2 aliphatic rings. The lowest BCUT2D eigenvalue weighted by Gasteiger charge is -2.29. The van der Waals surface area contributed by atoms with Crippen LogP contribution in [0.5, 0.6) is 0 Å². The molecule has 0 radical (unpaired) electrons. The number of hydrogen-bond donors (Lipinski definition) is 0. The van der Waals surface area contributed by atoms with Gasteiger partial charge in [0.1, 0.15) is 5.58 Å². The van der Waals surface area contributed by atoms with Crippen molar-refractivity contribution in [3.8, 4) is 39.1 Å². The third kappa shape index (κ3) is 6.83. The zero-order valence-electron chi connectivity index (χ0n) is 36.7. The van der Waals surface area contributed by atoms with Crippen LogP contribution in [0.15, 0.2) is 217 Å². The zero-order chi connectivity index (χ0) is 43.4. The second-order valence-corrected chi connectivity index (χ2v) is 17.8. The van der Waals surface area contributed by atoms with Crippen LogP contribution in [0, 0.1) is 11.8 Å². The molecular formula is C62H48N2O. The molecule has 0 N–H and O–H groups in total. The van der Waals surface area contributed by atoms with Crippen molar-refractivity contribution in [3.05, 3.63) is 229 Å². The smallest absolute Gasteiger partial charge is 0.160 e. The predicted molar refractivity (Wildman–Crippen MR) is 274 cm³/mol. The molecule has 2 aliphatic carbocycles. The highest BCUT2D eigenvalue weighted by Crippen LogP contribution is 2.48. The van der Waals surface area contributed by atoms with Crippen LogP contribution in [0.1, 0.15) is 37.1 Å². The molecule has 10 aromatic rings. The van der Waals surface area contributed by atoms with Gasteiger partial charge in [-0.2, -0.15) is 0 Å². The Bertz CT molecular complexity index is 3480. The lowest BCUT2D eigenvalue weighted by Crippen LogP contribution is -2.11. The van der Waals surface area contributed by atoms with Gasteiger partial charge >= 0.3 is 0 Å². The van der Waals surface area contributed by atoms with Crippen molar-refractivity contribution in [2.75, 3.05) is 4.90 Å². The molecule has 0 saturated heterocycles. The Kier molecular flexibility index (Phi) is 9.56. The molecule has 0 amide bonds. The second-order valence-electron chi connectivity index (χ2n) is 17.8.